The molecule has 2 amide bonds. The lowest BCUT2D eigenvalue weighted by Crippen LogP contribution is -2.51. The summed E-state index contributed by atoms with van der Waals surface area (Å²) in [6.45, 7) is 1.70. The summed E-state index contributed by atoms with van der Waals surface area (Å²) in [5.74, 6) is 1.04. The van der Waals surface area contributed by atoms with Crippen molar-refractivity contribution in [3.63, 3.8) is 0 Å². The van der Waals surface area contributed by atoms with Gasteiger partial charge in [-0.3, -0.25) is 0 Å². The lowest BCUT2D eigenvalue weighted by Gasteiger charge is -2.44. The average molecular weight is 329 g/mol. The third-order valence-electron chi connectivity index (χ3n) is 4.79. The van der Waals surface area contributed by atoms with Gasteiger partial charge in [0.25, 0.3) is 0 Å². The van der Waals surface area contributed by atoms with Crippen LogP contribution in [0.1, 0.15) is 37.7 Å². The zero-order valence-electron chi connectivity index (χ0n) is 13.4. The quantitative estimate of drug-likeness (QED) is 0.891. The highest BCUT2D eigenvalue weighted by Crippen LogP contribution is 2.42. The number of nitrogens with one attached hydrogen (secondary N) is 1. The second-order valence-corrected chi connectivity index (χ2v) is 8.04. The van der Waals surface area contributed by atoms with E-state index >= 15 is 0 Å². The van der Waals surface area contributed by atoms with Crippen LogP contribution < -0.4 is 5.32 Å². The topological polar surface area (TPSA) is 56.1 Å². The first-order chi connectivity index (χ1) is 11.2. The number of amides is 2. The van der Waals surface area contributed by atoms with Crippen LogP contribution in [-0.2, 0) is 6.42 Å². The second-order valence-electron chi connectivity index (χ2n) is 6.48. The van der Waals surface area contributed by atoms with E-state index in [0.29, 0.717) is 11.2 Å². The van der Waals surface area contributed by atoms with Gasteiger partial charge in [0.1, 0.15) is 0 Å². The Kier molecular flexibility index (Phi) is 5.12. The smallest absolute Gasteiger partial charge is 0.321 e. The molecule has 1 aromatic carbocycles. The predicted octanol–water partition coefficient (Wildman–Crippen LogP) is 4.04. The van der Waals surface area contributed by atoms with Crippen LogP contribution in [0, 0.1) is 11.3 Å². The summed E-state index contributed by atoms with van der Waals surface area (Å²) in [6, 6.07) is 9.68. The van der Waals surface area contributed by atoms with Crippen LogP contribution >= 0.6 is 11.8 Å². The number of carbonyl (C=O) groups excluding carboxylic acids is 1. The van der Waals surface area contributed by atoms with Gasteiger partial charge in [0.2, 0.25) is 0 Å². The van der Waals surface area contributed by atoms with E-state index in [0.717, 1.165) is 30.1 Å². The molecule has 1 saturated carbocycles. The van der Waals surface area contributed by atoms with Gasteiger partial charge in [0, 0.05) is 29.3 Å². The Morgan fingerprint density at radius 2 is 2.00 bits per heavy atom. The SMILES string of the molecule is N#CCc1ccc(NC(=O)N2CCSC3(CCCCC3)C2)cc1. The van der Waals surface area contributed by atoms with Crippen LogP contribution in [0.5, 0.6) is 0 Å². The van der Waals surface area contributed by atoms with Crippen molar-refractivity contribution in [2.45, 2.75) is 43.3 Å². The molecular weight excluding hydrogens is 306 g/mol. The molecule has 1 aliphatic heterocycles. The molecule has 1 saturated heterocycles. The molecule has 0 unspecified atom stereocenters. The zero-order valence-corrected chi connectivity index (χ0v) is 14.2. The van der Waals surface area contributed by atoms with E-state index in [1.54, 1.807) is 0 Å². The zero-order chi connectivity index (χ0) is 16.1. The minimum Gasteiger partial charge on any atom is -0.322 e. The van der Waals surface area contributed by atoms with E-state index in [-0.39, 0.29) is 6.03 Å². The molecule has 0 bridgehead atoms. The summed E-state index contributed by atoms with van der Waals surface area (Å²) in [4.78, 5) is 14.5. The van der Waals surface area contributed by atoms with Crippen LogP contribution in [0.4, 0.5) is 10.5 Å². The van der Waals surface area contributed by atoms with E-state index in [4.69, 9.17) is 5.26 Å². The highest BCUT2D eigenvalue weighted by atomic mass is 32.2. The Morgan fingerprint density at radius 3 is 2.70 bits per heavy atom. The van der Waals surface area contributed by atoms with Crippen LogP contribution in [0.3, 0.4) is 0 Å². The van der Waals surface area contributed by atoms with E-state index in [2.05, 4.69) is 23.1 Å². The first kappa shape index (κ1) is 16.2. The standard InChI is InChI=1S/C18H23N3OS/c19-11-8-15-4-6-16(7-5-15)20-17(22)21-12-13-23-18(14-21)9-2-1-3-10-18/h4-7H,1-3,8-10,12-14H2,(H,20,22). The molecule has 1 heterocycles. The molecule has 3 rings (SSSR count). The molecule has 1 aromatic rings. The van der Waals surface area contributed by atoms with Gasteiger partial charge in [-0.1, -0.05) is 31.4 Å². The number of hydrogen-bond acceptors (Lipinski definition) is 3. The number of anilines is 1. The lowest BCUT2D eigenvalue weighted by atomic mass is 9.87. The van der Waals surface area contributed by atoms with Gasteiger partial charge in [-0.15, -0.1) is 0 Å². The summed E-state index contributed by atoms with van der Waals surface area (Å²) >= 11 is 2.07. The van der Waals surface area contributed by atoms with Gasteiger partial charge in [-0.2, -0.15) is 17.0 Å². The van der Waals surface area contributed by atoms with E-state index in [1.807, 2.05) is 29.2 Å². The van der Waals surface area contributed by atoms with Crippen molar-refractivity contribution in [3.8, 4) is 6.07 Å². The monoisotopic (exact) mass is 329 g/mol. The van der Waals surface area contributed by atoms with Gasteiger partial charge in [0.15, 0.2) is 0 Å². The fourth-order valence-electron chi connectivity index (χ4n) is 3.52. The van der Waals surface area contributed by atoms with Gasteiger partial charge in [-0.05, 0) is 30.5 Å². The highest BCUT2D eigenvalue weighted by Gasteiger charge is 2.38. The van der Waals surface area contributed by atoms with Crippen molar-refractivity contribution in [2.75, 3.05) is 24.2 Å². The number of thioether (sulfide) groups is 1. The molecule has 2 aliphatic rings. The normalized spacial score (nSPS) is 20.0. The van der Waals surface area contributed by atoms with Crippen LogP contribution in [0.2, 0.25) is 0 Å². The Hall–Kier alpha value is -1.67. The Morgan fingerprint density at radius 1 is 1.26 bits per heavy atom. The van der Waals surface area contributed by atoms with Gasteiger partial charge in [0.05, 0.1) is 12.5 Å². The van der Waals surface area contributed by atoms with Crippen LogP contribution in [0.15, 0.2) is 24.3 Å². The lowest BCUT2D eigenvalue weighted by molar-refractivity contribution is 0.198. The minimum atomic E-state index is 0.00304. The number of nitrogens with zero attached hydrogens (tertiary/aromatic N) is 2. The fourth-order valence-corrected chi connectivity index (χ4v) is 5.09. The van der Waals surface area contributed by atoms with Crippen molar-refractivity contribution in [1.29, 1.82) is 5.26 Å². The minimum absolute atomic E-state index is 0.00304. The van der Waals surface area contributed by atoms with Crippen molar-refractivity contribution in [3.05, 3.63) is 29.8 Å². The number of rotatable bonds is 2. The van der Waals surface area contributed by atoms with Crippen LogP contribution in [0.25, 0.3) is 0 Å². The Labute approximate surface area is 142 Å². The summed E-state index contributed by atoms with van der Waals surface area (Å²) in [6.07, 6.45) is 6.81. The van der Waals surface area contributed by atoms with Crippen LogP contribution in [-0.4, -0.2) is 34.5 Å². The van der Waals surface area contributed by atoms with E-state index in [9.17, 15) is 4.79 Å². The van der Waals surface area contributed by atoms with Gasteiger partial charge < -0.3 is 10.2 Å². The first-order valence-electron chi connectivity index (χ1n) is 8.37. The second kappa shape index (κ2) is 7.27. The van der Waals surface area contributed by atoms with Crippen molar-refractivity contribution >= 4 is 23.5 Å². The summed E-state index contributed by atoms with van der Waals surface area (Å²) < 4.78 is 0.296. The number of hydrogen-bond donors (Lipinski definition) is 1. The molecule has 0 radical (unpaired) electrons. The van der Waals surface area contributed by atoms with E-state index in [1.165, 1.54) is 32.1 Å². The molecule has 0 atom stereocenters. The largest absolute Gasteiger partial charge is 0.322 e. The van der Waals surface area contributed by atoms with Crippen molar-refractivity contribution in [2.24, 2.45) is 0 Å². The molecule has 4 nitrogen and oxygen atoms in total. The number of nitriles is 1. The molecular formula is C18H23N3OS. The van der Waals surface area contributed by atoms with Crippen molar-refractivity contribution in [1.82, 2.24) is 4.90 Å². The Bertz CT molecular complexity index is 582. The Balaban J connectivity index is 1.60. The summed E-state index contributed by atoms with van der Waals surface area (Å²) in [5, 5.41) is 11.7. The molecule has 2 fully saturated rings. The third kappa shape index (κ3) is 4.00. The predicted molar refractivity (Wildman–Crippen MR) is 94.6 cm³/mol. The van der Waals surface area contributed by atoms with Crippen molar-refractivity contribution < 1.29 is 4.79 Å². The fraction of sp³-hybridized carbons (Fsp3) is 0.556. The molecule has 122 valence electrons. The molecule has 1 aliphatic carbocycles. The maximum absolute atomic E-state index is 12.6. The first-order valence-corrected chi connectivity index (χ1v) is 9.35. The summed E-state index contributed by atoms with van der Waals surface area (Å²) in [5.41, 5.74) is 1.77. The number of benzene rings is 1. The number of carbonyl (C=O) groups is 1. The molecule has 0 aromatic heterocycles. The van der Waals surface area contributed by atoms with E-state index < -0.39 is 0 Å². The highest BCUT2D eigenvalue weighted by molar-refractivity contribution is 8.00. The van der Waals surface area contributed by atoms with Gasteiger partial charge >= 0.3 is 6.03 Å². The number of urea groups is 1. The maximum atomic E-state index is 12.6. The molecule has 1 N–H and O–H groups in total. The molecule has 23 heavy (non-hydrogen) atoms. The third-order valence-corrected chi connectivity index (χ3v) is 6.33. The van der Waals surface area contributed by atoms with Gasteiger partial charge in [-0.25, -0.2) is 4.79 Å². The average Bonchev–Trinajstić information content (AvgIpc) is 2.58. The molecule has 5 heteroatoms. The maximum Gasteiger partial charge on any atom is 0.321 e. The summed E-state index contributed by atoms with van der Waals surface area (Å²) in [7, 11) is 0. The molecule has 1 spiro atoms.